The van der Waals surface area contributed by atoms with E-state index in [1.165, 1.54) is 0 Å². The lowest BCUT2D eigenvalue weighted by molar-refractivity contribution is -0.108. The van der Waals surface area contributed by atoms with Gasteiger partial charge in [0.1, 0.15) is 6.10 Å². The molecule has 0 spiro atoms. The summed E-state index contributed by atoms with van der Waals surface area (Å²) in [4.78, 5) is 0. The second-order valence-corrected chi connectivity index (χ2v) is 4.25. The molecule has 0 heterocycles. The molecule has 0 saturated heterocycles. The molecule has 0 aliphatic heterocycles. The largest absolute Gasteiger partial charge is 0.493 e. The van der Waals surface area contributed by atoms with Crippen molar-refractivity contribution in [1.29, 1.82) is 0 Å². The molecule has 5 nitrogen and oxygen atoms in total. The summed E-state index contributed by atoms with van der Waals surface area (Å²) in [5.74, 6) is 1.38. The van der Waals surface area contributed by atoms with Crippen LogP contribution in [0, 0.1) is 0 Å². The maximum absolute atomic E-state index is 6.30. The van der Waals surface area contributed by atoms with Crippen molar-refractivity contribution in [2.75, 3.05) is 28.4 Å². The Bertz CT molecular complexity index is 449. The Hall–Kier alpha value is -1.30. The highest BCUT2D eigenvalue weighted by Crippen LogP contribution is 2.45. The quantitative estimate of drug-likeness (QED) is 0.812. The van der Waals surface area contributed by atoms with Crippen molar-refractivity contribution in [2.24, 2.45) is 5.73 Å². The average molecular weight is 253 g/mol. The highest BCUT2D eigenvalue weighted by molar-refractivity contribution is 5.55. The molecular formula is C13H19NO4. The van der Waals surface area contributed by atoms with Gasteiger partial charge < -0.3 is 18.9 Å². The average Bonchev–Trinajstić information content (AvgIpc) is 2.71. The SMILES string of the molecule is COc1ccc2c(c1OC)CC(OC)[C@@]2(N)OC. The maximum atomic E-state index is 6.30. The fourth-order valence-corrected chi connectivity index (χ4v) is 2.57. The number of hydrogen-bond acceptors (Lipinski definition) is 5. The molecule has 0 amide bonds. The Morgan fingerprint density at radius 1 is 1.17 bits per heavy atom. The molecule has 2 rings (SSSR count). The number of rotatable bonds is 4. The van der Waals surface area contributed by atoms with Crippen molar-refractivity contribution in [3.05, 3.63) is 23.3 Å². The van der Waals surface area contributed by atoms with E-state index in [1.54, 1.807) is 28.4 Å². The zero-order chi connectivity index (χ0) is 13.3. The molecule has 0 radical (unpaired) electrons. The molecule has 0 aromatic heterocycles. The normalized spacial score (nSPS) is 25.9. The van der Waals surface area contributed by atoms with Gasteiger partial charge in [-0.2, -0.15) is 0 Å². The van der Waals surface area contributed by atoms with E-state index < -0.39 is 5.72 Å². The van der Waals surface area contributed by atoms with Crippen molar-refractivity contribution >= 4 is 0 Å². The molecule has 100 valence electrons. The van der Waals surface area contributed by atoms with Gasteiger partial charge in [0.05, 0.1) is 14.2 Å². The summed E-state index contributed by atoms with van der Waals surface area (Å²) in [7, 11) is 6.43. The van der Waals surface area contributed by atoms with Crippen LogP contribution >= 0.6 is 0 Å². The summed E-state index contributed by atoms with van der Waals surface area (Å²) in [6.07, 6.45) is 0.398. The zero-order valence-electron chi connectivity index (χ0n) is 11.1. The number of fused-ring (bicyclic) bond motifs is 1. The van der Waals surface area contributed by atoms with E-state index in [2.05, 4.69) is 0 Å². The number of methoxy groups -OCH3 is 4. The van der Waals surface area contributed by atoms with E-state index in [4.69, 9.17) is 24.7 Å². The zero-order valence-corrected chi connectivity index (χ0v) is 11.1. The van der Waals surface area contributed by atoms with Gasteiger partial charge >= 0.3 is 0 Å². The van der Waals surface area contributed by atoms with Gasteiger partial charge in [-0.15, -0.1) is 0 Å². The number of ether oxygens (including phenoxy) is 4. The summed E-state index contributed by atoms with van der Waals surface area (Å²) in [6.45, 7) is 0. The van der Waals surface area contributed by atoms with Crippen molar-refractivity contribution in [3.8, 4) is 11.5 Å². The van der Waals surface area contributed by atoms with Gasteiger partial charge in [0, 0.05) is 31.8 Å². The molecule has 1 aromatic carbocycles. The topological polar surface area (TPSA) is 62.9 Å². The standard InChI is InChI=1S/C13H19NO4/c1-15-10-6-5-9-8(12(10)17-3)7-11(16-2)13(9,14)18-4/h5-6,11H,7,14H2,1-4H3/t11?,13-/m0/s1. The summed E-state index contributed by atoms with van der Waals surface area (Å²) in [5.41, 5.74) is 7.22. The maximum Gasteiger partial charge on any atom is 0.169 e. The van der Waals surface area contributed by atoms with Crippen LogP contribution in [0.4, 0.5) is 0 Å². The minimum atomic E-state index is -0.941. The van der Waals surface area contributed by atoms with Gasteiger partial charge in [-0.05, 0) is 6.07 Å². The lowest BCUT2D eigenvalue weighted by atomic mass is 10.0. The first-order valence-electron chi connectivity index (χ1n) is 5.73. The van der Waals surface area contributed by atoms with Gasteiger partial charge in [0.2, 0.25) is 0 Å². The van der Waals surface area contributed by atoms with Gasteiger partial charge in [-0.3, -0.25) is 5.73 Å². The summed E-state index contributed by atoms with van der Waals surface area (Å²) >= 11 is 0. The molecule has 1 aromatic rings. The summed E-state index contributed by atoms with van der Waals surface area (Å²) in [6, 6.07) is 3.73. The molecule has 0 fully saturated rings. The molecule has 0 bridgehead atoms. The van der Waals surface area contributed by atoms with Crippen LogP contribution in [0.15, 0.2) is 12.1 Å². The molecule has 18 heavy (non-hydrogen) atoms. The minimum absolute atomic E-state index is 0.237. The van der Waals surface area contributed by atoms with Gasteiger partial charge in [-0.25, -0.2) is 0 Å². The van der Waals surface area contributed by atoms with E-state index in [1.807, 2.05) is 12.1 Å². The van der Waals surface area contributed by atoms with Crippen LogP contribution < -0.4 is 15.2 Å². The van der Waals surface area contributed by atoms with Crippen LogP contribution in [0.25, 0.3) is 0 Å². The van der Waals surface area contributed by atoms with E-state index in [0.29, 0.717) is 17.9 Å². The third kappa shape index (κ3) is 1.67. The number of benzene rings is 1. The Balaban J connectivity index is 2.58. The van der Waals surface area contributed by atoms with E-state index in [-0.39, 0.29) is 6.10 Å². The molecule has 0 saturated carbocycles. The predicted octanol–water partition coefficient (Wildman–Crippen LogP) is 1.03. The lowest BCUT2D eigenvalue weighted by Crippen LogP contribution is -2.47. The third-order valence-corrected chi connectivity index (χ3v) is 3.56. The predicted molar refractivity (Wildman–Crippen MR) is 66.9 cm³/mol. The van der Waals surface area contributed by atoms with E-state index >= 15 is 0 Å². The smallest absolute Gasteiger partial charge is 0.169 e. The van der Waals surface area contributed by atoms with Crippen LogP contribution in [-0.4, -0.2) is 34.5 Å². The van der Waals surface area contributed by atoms with Gasteiger partial charge in [-0.1, -0.05) is 6.07 Å². The Labute approximate surface area is 107 Å². The Morgan fingerprint density at radius 2 is 1.89 bits per heavy atom. The molecule has 2 atom stereocenters. The Kier molecular flexibility index (Phi) is 3.47. The van der Waals surface area contributed by atoms with E-state index in [9.17, 15) is 0 Å². The molecule has 2 N–H and O–H groups in total. The fraction of sp³-hybridized carbons (Fsp3) is 0.538. The van der Waals surface area contributed by atoms with Crippen LogP contribution in [0.5, 0.6) is 11.5 Å². The summed E-state index contributed by atoms with van der Waals surface area (Å²) in [5, 5.41) is 0. The van der Waals surface area contributed by atoms with Crippen molar-refractivity contribution in [2.45, 2.75) is 18.2 Å². The molecule has 1 aliphatic rings. The molecule has 5 heteroatoms. The fourth-order valence-electron chi connectivity index (χ4n) is 2.57. The lowest BCUT2D eigenvalue weighted by Gasteiger charge is -2.29. The second-order valence-electron chi connectivity index (χ2n) is 4.25. The first-order chi connectivity index (χ1) is 8.62. The molecular weight excluding hydrogens is 234 g/mol. The van der Waals surface area contributed by atoms with Gasteiger partial charge in [0.15, 0.2) is 17.2 Å². The van der Waals surface area contributed by atoms with Crippen molar-refractivity contribution < 1.29 is 18.9 Å². The van der Waals surface area contributed by atoms with Crippen molar-refractivity contribution in [1.82, 2.24) is 0 Å². The first kappa shape index (κ1) is 13.1. The van der Waals surface area contributed by atoms with Crippen LogP contribution in [0.2, 0.25) is 0 Å². The highest BCUT2D eigenvalue weighted by Gasteiger charge is 2.46. The molecule has 1 aliphatic carbocycles. The van der Waals surface area contributed by atoms with Crippen molar-refractivity contribution in [3.63, 3.8) is 0 Å². The minimum Gasteiger partial charge on any atom is -0.493 e. The van der Waals surface area contributed by atoms with Crippen LogP contribution in [0.3, 0.4) is 0 Å². The van der Waals surface area contributed by atoms with E-state index in [0.717, 1.165) is 11.1 Å². The third-order valence-electron chi connectivity index (χ3n) is 3.56. The highest BCUT2D eigenvalue weighted by atomic mass is 16.5. The number of nitrogens with two attached hydrogens (primary N) is 1. The first-order valence-corrected chi connectivity index (χ1v) is 5.73. The monoisotopic (exact) mass is 253 g/mol. The number of hydrogen-bond donors (Lipinski definition) is 1. The Morgan fingerprint density at radius 3 is 2.39 bits per heavy atom. The van der Waals surface area contributed by atoms with Crippen LogP contribution in [0.1, 0.15) is 11.1 Å². The second kappa shape index (κ2) is 4.76. The van der Waals surface area contributed by atoms with Crippen LogP contribution in [-0.2, 0) is 21.6 Å². The van der Waals surface area contributed by atoms with Gasteiger partial charge in [0.25, 0.3) is 0 Å². The molecule has 1 unspecified atom stereocenters. The summed E-state index contributed by atoms with van der Waals surface area (Å²) < 4.78 is 21.6.